The Morgan fingerprint density at radius 1 is 0.629 bits per heavy atom. The van der Waals surface area contributed by atoms with E-state index in [1.165, 1.54) is 0 Å². The van der Waals surface area contributed by atoms with Crippen LogP contribution >= 0.6 is 0 Å². The van der Waals surface area contributed by atoms with Crippen LogP contribution in [0.1, 0.15) is 29.2 Å². The van der Waals surface area contributed by atoms with Gasteiger partial charge in [0.15, 0.2) is 5.78 Å². The molecule has 35 heavy (non-hydrogen) atoms. The second kappa shape index (κ2) is 8.84. The lowest BCUT2D eigenvalue weighted by Crippen LogP contribution is -2.76. The van der Waals surface area contributed by atoms with Gasteiger partial charge in [-0.2, -0.15) is 0 Å². The number of hydrogen-bond acceptors (Lipinski definition) is 3. The Hall–Kier alpha value is -4.24. The molecule has 0 amide bonds. The molecule has 0 N–H and O–H groups in total. The van der Waals surface area contributed by atoms with Gasteiger partial charge in [0.1, 0.15) is 16.9 Å². The van der Waals surface area contributed by atoms with E-state index in [9.17, 15) is 9.59 Å². The van der Waals surface area contributed by atoms with Crippen LogP contribution in [0.5, 0.6) is 0 Å². The van der Waals surface area contributed by atoms with Crippen molar-refractivity contribution in [1.29, 1.82) is 0 Å². The largest absolute Gasteiger partial charge is 0.455 e. The quantitative estimate of drug-likeness (QED) is 0.262. The summed E-state index contributed by atoms with van der Waals surface area (Å²) in [5, 5.41) is 0. The van der Waals surface area contributed by atoms with E-state index in [1.54, 1.807) is 6.92 Å². The van der Waals surface area contributed by atoms with E-state index in [2.05, 4.69) is 6.58 Å². The van der Waals surface area contributed by atoms with E-state index in [0.29, 0.717) is 0 Å². The monoisotopic (exact) mass is 458 g/mol. The predicted octanol–water partition coefficient (Wildman–Crippen LogP) is 6.03. The summed E-state index contributed by atoms with van der Waals surface area (Å²) in [6, 6.07) is 38.5. The Balaban J connectivity index is 1.87. The lowest BCUT2D eigenvalue weighted by Gasteiger charge is -2.60. The molecule has 1 aliphatic rings. The zero-order chi connectivity index (χ0) is 24.5. The SMILES string of the molecule is C=C(C)C(=O)OC1C(c2ccccc2)(c2ccccc2)C(=O)C1(c1ccccc1)c1ccccc1. The minimum absolute atomic E-state index is 0.0284. The highest BCUT2D eigenvalue weighted by Gasteiger charge is 2.75. The highest BCUT2D eigenvalue weighted by molar-refractivity contribution is 6.13. The van der Waals surface area contributed by atoms with Crippen LogP contribution < -0.4 is 0 Å². The minimum atomic E-state index is -1.18. The van der Waals surface area contributed by atoms with Gasteiger partial charge in [-0.05, 0) is 29.2 Å². The van der Waals surface area contributed by atoms with Gasteiger partial charge in [0.05, 0.1) is 0 Å². The highest BCUT2D eigenvalue weighted by atomic mass is 16.5. The molecule has 0 radical (unpaired) electrons. The molecule has 4 aromatic rings. The fourth-order valence-corrected chi connectivity index (χ4v) is 5.45. The fraction of sp³-hybridized carbons (Fsp3) is 0.125. The van der Waals surface area contributed by atoms with E-state index in [-0.39, 0.29) is 11.4 Å². The topological polar surface area (TPSA) is 43.4 Å². The van der Waals surface area contributed by atoms with Gasteiger partial charge >= 0.3 is 5.97 Å². The van der Waals surface area contributed by atoms with Crippen LogP contribution in [0.25, 0.3) is 0 Å². The molecule has 0 unspecified atom stereocenters. The third-order valence-electron chi connectivity index (χ3n) is 6.99. The number of benzene rings is 4. The van der Waals surface area contributed by atoms with Gasteiger partial charge in [0.2, 0.25) is 0 Å². The van der Waals surface area contributed by atoms with Crippen LogP contribution in [0, 0.1) is 0 Å². The first-order chi connectivity index (χ1) is 17.0. The maximum absolute atomic E-state index is 15.0. The van der Waals surface area contributed by atoms with Gasteiger partial charge in [-0.1, -0.05) is 128 Å². The molecule has 5 rings (SSSR count). The number of hydrogen-bond donors (Lipinski definition) is 0. The molecule has 1 aliphatic carbocycles. The molecule has 172 valence electrons. The van der Waals surface area contributed by atoms with Crippen molar-refractivity contribution < 1.29 is 14.3 Å². The molecule has 0 aliphatic heterocycles. The van der Waals surface area contributed by atoms with E-state index < -0.39 is 22.9 Å². The third-order valence-corrected chi connectivity index (χ3v) is 6.99. The van der Waals surface area contributed by atoms with Gasteiger partial charge in [0.25, 0.3) is 0 Å². The van der Waals surface area contributed by atoms with Crippen molar-refractivity contribution in [3.63, 3.8) is 0 Å². The van der Waals surface area contributed by atoms with E-state index in [1.807, 2.05) is 121 Å². The Kier molecular flexibility index (Phi) is 5.70. The van der Waals surface area contributed by atoms with Crippen molar-refractivity contribution in [2.75, 3.05) is 0 Å². The van der Waals surface area contributed by atoms with Crippen LogP contribution in [0.4, 0.5) is 0 Å². The summed E-state index contributed by atoms with van der Waals surface area (Å²) >= 11 is 0. The number of Topliss-reactive ketones (excluding diaryl/α,β-unsaturated/α-hetero) is 1. The fourth-order valence-electron chi connectivity index (χ4n) is 5.45. The molecule has 1 saturated carbocycles. The number of esters is 1. The van der Waals surface area contributed by atoms with Gasteiger partial charge in [-0.25, -0.2) is 4.79 Å². The lowest BCUT2D eigenvalue weighted by molar-refractivity contribution is -0.172. The average Bonchev–Trinajstić information content (AvgIpc) is 2.91. The van der Waals surface area contributed by atoms with Gasteiger partial charge in [-0.15, -0.1) is 0 Å². The summed E-state index contributed by atoms with van der Waals surface area (Å²) in [6.45, 7) is 5.44. The van der Waals surface area contributed by atoms with E-state index >= 15 is 0 Å². The van der Waals surface area contributed by atoms with Crippen molar-refractivity contribution in [3.05, 3.63) is 156 Å². The summed E-state index contributed by atoms with van der Waals surface area (Å²) in [5.41, 5.74) is 1.08. The second-order valence-corrected chi connectivity index (χ2v) is 8.97. The number of ether oxygens (including phenoxy) is 1. The molecular weight excluding hydrogens is 432 g/mol. The molecule has 0 spiro atoms. The van der Waals surface area contributed by atoms with Crippen molar-refractivity contribution in [2.45, 2.75) is 23.9 Å². The maximum Gasteiger partial charge on any atom is 0.333 e. The number of rotatable bonds is 6. The first-order valence-electron chi connectivity index (χ1n) is 11.7. The smallest absolute Gasteiger partial charge is 0.333 e. The molecule has 3 nitrogen and oxygen atoms in total. The Morgan fingerprint density at radius 3 is 1.17 bits per heavy atom. The normalized spacial score (nSPS) is 16.2. The predicted molar refractivity (Wildman–Crippen MR) is 137 cm³/mol. The van der Waals surface area contributed by atoms with Crippen LogP contribution in [-0.4, -0.2) is 17.9 Å². The first kappa shape index (κ1) is 22.5. The Morgan fingerprint density at radius 2 is 0.914 bits per heavy atom. The average molecular weight is 459 g/mol. The molecular formula is C32H26O3. The Labute approximate surface area is 205 Å². The zero-order valence-electron chi connectivity index (χ0n) is 19.6. The Bertz CT molecular complexity index is 1190. The summed E-state index contributed by atoms with van der Waals surface area (Å²) in [5.74, 6) is -0.547. The van der Waals surface area contributed by atoms with Crippen molar-refractivity contribution >= 4 is 11.8 Å². The summed E-state index contributed by atoms with van der Waals surface area (Å²) in [7, 11) is 0. The summed E-state index contributed by atoms with van der Waals surface area (Å²) in [4.78, 5) is 28.1. The minimum Gasteiger partial charge on any atom is -0.455 e. The van der Waals surface area contributed by atoms with Crippen molar-refractivity contribution in [1.82, 2.24) is 0 Å². The molecule has 0 aromatic heterocycles. The van der Waals surface area contributed by atoms with Crippen LogP contribution in [0.3, 0.4) is 0 Å². The first-order valence-corrected chi connectivity index (χ1v) is 11.7. The molecule has 0 saturated heterocycles. The van der Waals surface area contributed by atoms with E-state index in [0.717, 1.165) is 22.3 Å². The zero-order valence-corrected chi connectivity index (χ0v) is 19.6. The number of ketones is 1. The van der Waals surface area contributed by atoms with Crippen molar-refractivity contribution in [3.8, 4) is 0 Å². The van der Waals surface area contributed by atoms with Gasteiger partial charge in [-0.3, -0.25) is 4.79 Å². The van der Waals surface area contributed by atoms with E-state index in [4.69, 9.17) is 4.74 Å². The molecule has 0 bridgehead atoms. The third kappa shape index (κ3) is 3.27. The van der Waals surface area contributed by atoms with Crippen LogP contribution in [0.15, 0.2) is 133 Å². The second-order valence-electron chi connectivity index (χ2n) is 8.97. The van der Waals surface area contributed by atoms with Crippen LogP contribution in [0.2, 0.25) is 0 Å². The van der Waals surface area contributed by atoms with Crippen LogP contribution in [-0.2, 0) is 25.2 Å². The lowest BCUT2D eigenvalue weighted by atomic mass is 9.41. The molecule has 0 atom stereocenters. The summed E-state index contributed by atoms with van der Waals surface area (Å²) < 4.78 is 6.31. The molecule has 1 fully saturated rings. The number of carbonyl (C=O) groups excluding carboxylic acids is 2. The van der Waals surface area contributed by atoms with Gasteiger partial charge in [0, 0.05) is 5.57 Å². The van der Waals surface area contributed by atoms with Gasteiger partial charge < -0.3 is 4.74 Å². The molecule has 4 aromatic carbocycles. The standard InChI is InChI=1S/C32H26O3/c1-23(2)28(33)35-30-31(24-15-7-3-8-16-24,25-17-9-4-10-18-25)29(34)32(30,26-19-11-5-12-20-26)27-21-13-6-14-22-27/h3-22,30H,1H2,2H3. The molecule has 0 heterocycles. The highest BCUT2D eigenvalue weighted by Crippen LogP contribution is 2.61. The maximum atomic E-state index is 15.0. The molecule has 3 heteroatoms. The number of carbonyl (C=O) groups is 2. The van der Waals surface area contributed by atoms with Crippen molar-refractivity contribution in [2.24, 2.45) is 0 Å². The summed E-state index contributed by atoms with van der Waals surface area (Å²) in [6.07, 6.45) is -0.832.